The number of hydrogen-bond acceptors (Lipinski definition) is 6. The lowest BCUT2D eigenvalue weighted by molar-refractivity contribution is 0.0965. The van der Waals surface area contributed by atoms with Gasteiger partial charge in [0.15, 0.2) is 0 Å². The maximum Gasteiger partial charge on any atom is 0.404 e. The van der Waals surface area contributed by atoms with Crippen LogP contribution in [-0.2, 0) is 24.3 Å². The van der Waals surface area contributed by atoms with E-state index in [1.165, 1.54) is 6.92 Å². The van der Waals surface area contributed by atoms with Gasteiger partial charge >= 0.3 is 6.09 Å². The summed E-state index contributed by atoms with van der Waals surface area (Å²) >= 11 is 0. The molecule has 6 N–H and O–H groups in total. The van der Waals surface area contributed by atoms with Gasteiger partial charge in [0.05, 0.1) is 11.3 Å². The minimum Gasteiger partial charge on any atom is -0.445 e. The second kappa shape index (κ2) is 4.70. The highest BCUT2D eigenvalue weighted by Crippen LogP contribution is 2.35. The SMILES string of the molecule is CC1=C(N)C(=O)c2c(COC(N)=O)c3n(c2C1=O)CC(N)C3. The average molecular weight is 304 g/mol. The standard InChI is InChI=1S/C14H16N4O4/c1-5-10(16)13(20)9-7(4-22-14(17)21)8-2-6(15)3-18(8)11(9)12(5)19/h6H,2-4,15-16H2,1H3,(H2,17,21). The van der Waals surface area contributed by atoms with Gasteiger partial charge in [-0.05, 0) is 6.92 Å². The molecule has 3 rings (SSSR count). The number of Topliss-reactive ketones (excluding diaryl/α,β-unsaturated/α-hetero) is 2. The molecule has 1 aliphatic carbocycles. The number of ether oxygens (including phenoxy) is 1. The summed E-state index contributed by atoms with van der Waals surface area (Å²) in [5.41, 5.74) is 18.5. The van der Waals surface area contributed by atoms with Crippen LogP contribution in [0.15, 0.2) is 11.3 Å². The van der Waals surface area contributed by atoms with E-state index in [1.54, 1.807) is 4.57 Å². The van der Waals surface area contributed by atoms with Crippen LogP contribution in [0.1, 0.15) is 39.0 Å². The van der Waals surface area contributed by atoms with Gasteiger partial charge in [0.2, 0.25) is 11.6 Å². The predicted molar refractivity (Wildman–Crippen MR) is 76.0 cm³/mol. The van der Waals surface area contributed by atoms with E-state index in [1.807, 2.05) is 0 Å². The average Bonchev–Trinajstić information content (AvgIpc) is 2.95. The molecule has 0 saturated heterocycles. The second-order valence-corrected chi connectivity index (χ2v) is 5.53. The topological polar surface area (TPSA) is 143 Å². The molecule has 1 amide bonds. The van der Waals surface area contributed by atoms with Crippen molar-refractivity contribution in [2.75, 3.05) is 0 Å². The van der Waals surface area contributed by atoms with E-state index in [9.17, 15) is 14.4 Å². The van der Waals surface area contributed by atoms with E-state index in [0.717, 1.165) is 5.69 Å². The molecule has 8 nitrogen and oxygen atoms in total. The molecule has 0 spiro atoms. The van der Waals surface area contributed by atoms with Crippen LogP contribution in [-0.4, -0.2) is 28.3 Å². The van der Waals surface area contributed by atoms with Gasteiger partial charge in [-0.3, -0.25) is 9.59 Å². The van der Waals surface area contributed by atoms with Gasteiger partial charge in [0.25, 0.3) is 0 Å². The number of allylic oxidation sites excluding steroid dienone is 2. The van der Waals surface area contributed by atoms with Gasteiger partial charge in [-0.1, -0.05) is 0 Å². The van der Waals surface area contributed by atoms with Crippen LogP contribution in [0.4, 0.5) is 4.79 Å². The number of nitrogens with zero attached hydrogens (tertiary/aromatic N) is 1. The maximum atomic E-state index is 12.5. The van der Waals surface area contributed by atoms with Crippen LogP contribution in [0.25, 0.3) is 0 Å². The van der Waals surface area contributed by atoms with Crippen molar-refractivity contribution in [2.45, 2.75) is 32.5 Å². The van der Waals surface area contributed by atoms with Crippen molar-refractivity contribution in [3.05, 3.63) is 33.8 Å². The fraction of sp³-hybridized carbons (Fsp3) is 0.357. The fourth-order valence-electron chi connectivity index (χ4n) is 3.09. The first kappa shape index (κ1) is 14.3. The molecule has 2 heterocycles. The van der Waals surface area contributed by atoms with E-state index in [4.69, 9.17) is 21.9 Å². The van der Waals surface area contributed by atoms with Gasteiger partial charge in [0.1, 0.15) is 12.3 Å². The Labute approximate surface area is 125 Å². The molecule has 1 aromatic heterocycles. The number of carbonyl (C=O) groups excluding carboxylic acids is 3. The van der Waals surface area contributed by atoms with E-state index in [-0.39, 0.29) is 41.0 Å². The first-order chi connectivity index (χ1) is 10.3. The quantitative estimate of drug-likeness (QED) is 0.677. The molecule has 2 aliphatic rings. The summed E-state index contributed by atoms with van der Waals surface area (Å²) in [7, 11) is 0. The van der Waals surface area contributed by atoms with Gasteiger partial charge in [-0.15, -0.1) is 0 Å². The Bertz CT molecular complexity index is 759. The van der Waals surface area contributed by atoms with E-state index in [2.05, 4.69) is 0 Å². The molecule has 1 aromatic rings. The predicted octanol–water partition coefficient (Wildman–Crippen LogP) is -0.421. The Balaban J connectivity index is 2.20. The highest BCUT2D eigenvalue weighted by Gasteiger charge is 2.39. The number of nitrogens with two attached hydrogens (primary N) is 3. The number of hydrogen-bond donors (Lipinski definition) is 3. The Morgan fingerprint density at radius 1 is 1.36 bits per heavy atom. The number of fused-ring (bicyclic) bond motifs is 3. The highest BCUT2D eigenvalue weighted by atomic mass is 16.5. The zero-order valence-electron chi connectivity index (χ0n) is 12.0. The van der Waals surface area contributed by atoms with E-state index in [0.29, 0.717) is 18.5 Å². The van der Waals surface area contributed by atoms with E-state index >= 15 is 0 Å². The third kappa shape index (κ3) is 1.84. The second-order valence-electron chi connectivity index (χ2n) is 5.53. The van der Waals surface area contributed by atoms with E-state index < -0.39 is 11.9 Å². The lowest BCUT2D eigenvalue weighted by atomic mass is 9.90. The minimum absolute atomic E-state index is 0.0774. The third-order valence-corrected chi connectivity index (χ3v) is 4.15. The number of amides is 1. The molecule has 0 saturated carbocycles. The van der Waals surface area contributed by atoms with Crippen molar-refractivity contribution in [1.29, 1.82) is 0 Å². The first-order valence-electron chi connectivity index (χ1n) is 6.80. The van der Waals surface area contributed by atoms with Crippen LogP contribution in [0.3, 0.4) is 0 Å². The van der Waals surface area contributed by atoms with Gasteiger partial charge in [-0.25, -0.2) is 4.79 Å². The van der Waals surface area contributed by atoms with Crippen molar-refractivity contribution >= 4 is 17.7 Å². The smallest absolute Gasteiger partial charge is 0.404 e. The van der Waals surface area contributed by atoms with Crippen LogP contribution in [0.5, 0.6) is 0 Å². The number of carbonyl (C=O) groups is 3. The Hall–Kier alpha value is -2.61. The van der Waals surface area contributed by atoms with Crippen molar-refractivity contribution in [2.24, 2.45) is 17.2 Å². The Kier molecular flexibility index (Phi) is 3.06. The molecule has 0 aromatic carbocycles. The monoisotopic (exact) mass is 304 g/mol. The van der Waals surface area contributed by atoms with Crippen LogP contribution < -0.4 is 17.2 Å². The van der Waals surface area contributed by atoms with Gasteiger partial charge in [-0.2, -0.15) is 0 Å². The summed E-state index contributed by atoms with van der Waals surface area (Å²) in [6.45, 7) is 1.77. The lowest BCUT2D eigenvalue weighted by Gasteiger charge is -2.17. The molecule has 0 radical (unpaired) electrons. The zero-order chi connectivity index (χ0) is 16.2. The summed E-state index contributed by atoms with van der Waals surface area (Å²) < 4.78 is 6.55. The molecule has 22 heavy (non-hydrogen) atoms. The lowest BCUT2D eigenvalue weighted by Crippen LogP contribution is -2.29. The van der Waals surface area contributed by atoms with Crippen LogP contribution >= 0.6 is 0 Å². The molecule has 1 aliphatic heterocycles. The maximum absolute atomic E-state index is 12.5. The molecular formula is C14H16N4O4. The van der Waals surface area contributed by atoms with Crippen LogP contribution in [0, 0.1) is 0 Å². The van der Waals surface area contributed by atoms with Crippen LogP contribution in [0.2, 0.25) is 0 Å². The Morgan fingerprint density at radius 3 is 2.68 bits per heavy atom. The summed E-state index contributed by atoms with van der Waals surface area (Å²) in [5.74, 6) is -0.724. The third-order valence-electron chi connectivity index (χ3n) is 4.15. The number of primary amides is 1. The normalized spacial score (nSPS) is 20.2. The highest BCUT2D eigenvalue weighted by molar-refractivity contribution is 6.26. The largest absolute Gasteiger partial charge is 0.445 e. The molecule has 8 heteroatoms. The summed E-state index contributed by atoms with van der Waals surface area (Å²) in [6.07, 6.45) is -0.463. The van der Waals surface area contributed by atoms with Gasteiger partial charge in [0, 0.05) is 35.8 Å². The van der Waals surface area contributed by atoms with Gasteiger partial charge < -0.3 is 26.5 Å². The zero-order valence-corrected chi connectivity index (χ0v) is 12.0. The number of aromatic nitrogens is 1. The molecular weight excluding hydrogens is 288 g/mol. The molecule has 1 atom stereocenters. The van der Waals surface area contributed by atoms with Crippen molar-refractivity contribution < 1.29 is 19.1 Å². The molecule has 116 valence electrons. The summed E-state index contributed by atoms with van der Waals surface area (Å²) in [6, 6.07) is -0.154. The fourth-order valence-corrected chi connectivity index (χ4v) is 3.09. The molecule has 0 fully saturated rings. The van der Waals surface area contributed by atoms with Crippen molar-refractivity contribution in [1.82, 2.24) is 4.57 Å². The number of ketones is 2. The van der Waals surface area contributed by atoms with Crippen molar-refractivity contribution in [3.63, 3.8) is 0 Å². The Morgan fingerprint density at radius 2 is 2.05 bits per heavy atom. The minimum atomic E-state index is -0.953. The molecule has 1 unspecified atom stereocenters. The summed E-state index contributed by atoms with van der Waals surface area (Å²) in [4.78, 5) is 35.9. The van der Waals surface area contributed by atoms with Crippen molar-refractivity contribution in [3.8, 4) is 0 Å². The number of rotatable bonds is 2. The molecule has 0 bridgehead atoms. The summed E-state index contributed by atoms with van der Waals surface area (Å²) in [5, 5.41) is 0. The first-order valence-corrected chi connectivity index (χ1v) is 6.80.